The van der Waals surface area contributed by atoms with E-state index in [-0.39, 0.29) is 6.10 Å². The van der Waals surface area contributed by atoms with E-state index < -0.39 is 0 Å². The van der Waals surface area contributed by atoms with Crippen molar-refractivity contribution < 1.29 is 4.74 Å². The summed E-state index contributed by atoms with van der Waals surface area (Å²) in [5.74, 6) is 0. The van der Waals surface area contributed by atoms with Crippen LogP contribution in [0.2, 0.25) is 0 Å². The zero-order valence-electron chi connectivity index (χ0n) is 14.1. The molecule has 1 aromatic heterocycles. The summed E-state index contributed by atoms with van der Waals surface area (Å²) in [5, 5.41) is 10.6. The second kappa shape index (κ2) is 6.54. The van der Waals surface area contributed by atoms with Crippen molar-refractivity contribution >= 4 is 16.6 Å². The fraction of sp³-hybridized carbons (Fsp3) is 0.238. The van der Waals surface area contributed by atoms with Crippen molar-refractivity contribution in [3.05, 3.63) is 71.4 Å². The third-order valence-corrected chi connectivity index (χ3v) is 4.79. The molecule has 0 amide bonds. The van der Waals surface area contributed by atoms with E-state index in [1.807, 2.05) is 36.4 Å². The van der Waals surface area contributed by atoms with Crippen molar-refractivity contribution in [1.82, 2.24) is 4.98 Å². The lowest BCUT2D eigenvalue weighted by atomic mass is 10.0. The van der Waals surface area contributed by atoms with Gasteiger partial charge in [-0.3, -0.25) is 4.98 Å². The molecule has 2 heterocycles. The maximum atomic E-state index is 9.59. The molecule has 124 valence electrons. The monoisotopic (exact) mass is 329 g/mol. The summed E-state index contributed by atoms with van der Waals surface area (Å²) in [6.45, 7) is 4.25. The predicted molar refractivity (Wildman–Crippen MR) is 98.5 cm³/mol. The number of hydrogen-bond acceptors (Lipinski definition) is 4. The van der Waals surface area contributed by atoms with E-state index >= 15 is 0 Å². The SMILES string of the molecule is Cc1ccccc1C1CN(c2c(C#N)cnc3ccccc23)CCO1. The molecule has 0 spiro atoms. The van der Waals surface area contributed by atoms with Gasteiger partial charge in [0.05, 0.1) is 23.4 Å². The van der Waals surface area contributed by atoms with Gasteiger partial charge in [-0.15, -0.1) is 0 Å². The molecule has 1 fully saturated rings. The standard InChI is InChI=1S/C21H19N3O/c1-15-6-2-3-7-17(15)20-14-24(10-11-25-20)21-16(12-22)13-23-19-9-5-4-8-18(19)21/h2-9,13,20H,10-11,14H2,1H3. The van der Waals surface area contributed by atoms with E-state index in [0.717, 1.165) is 29.7 Å². The molecule has 2 aromatic carbocycles. The number of pyridine rings is 1. The van der Waals surface area contributed by atoms with Crippen LogP contribution in [-0.4, -0.2) is 24.7 Å². The first-order chi connectivity index (χ1) is 12.3. The van der Waals surface area contributed by atoms with Crippen LogP contribution in [0.15, 0.2) is 54.7 Å². The number of nitrogens with zero attached hydrogens (tertiary/aromatic N) is 3. The lowest BCUT2D eigenvalue weighted by Crippen LogP contribution is -2.39. The fourth-order valence-corrected chi connectivity index (χ4v) is 3.54. The number of hydrogen-bond donors (Lipinski definition) is 0. The molecule has 1 saturated heterocycles. The highest BCUT2D eigenvalue weighted by Gasteiger charge is 2.26. The van der Waals surface area contributed by atoms with Gasteiger partial charge in [-0.25, -0.2) is 0 Å². The number of aromatic nitrogens is 1. The van der Waals surface area contributed by atoms with Crippen LogP contribution >= 0.6 is 0 Å². The first kappa shape index (κ1) is 15.6. The number of morpholine rings is 1. The first-order valence-corrected chi connectivity index (χ1v) is 8.48. The van der Waals surface area contributed by atoms with Crippen molar-refractivity contribution in [1.29, 1.82) is 5.26 Å². The summed E-state index contributed by atoms with van der Waals surface area (Å²) in [7, 11) is 0. The second-order valence-corrected chi connectivity index (χ2v) is 6.31. The number of fused-ring (bicyclic) bond motifs is 1. The van der Waals surface area contributed by atoms with E-state index in [1.54, 1.807) is 6.20 Å². The topological polar surface area (TPSA) is 49.2 Å². The summed E-state index contributed by atoms with van der Waals surface area (Å²) in [4.78, 5) is 6.69. The highest BCUT2D eigenvalue weighted by molar-refractivity contribution is 5.94. The average molecular weight is 329 g/mol. The highest BCUT2D eigenvalue weighted by Crippen LogP contribution is 2.33. The third-order valence-electron chi connectivity index (χ3n) is 4.79. The molecule has 0 bridgehead atoms. The molecule has 1 unspecified atom stereocenters. The van der Waals surface area contributed by atoms with Crippen LogP contribution in [0.4, 0.5) is 5.69 Å². The molecule has 1 atom stereocenters. The molecular formula is C21H19N3O. The molecule has 4 rings (SSSR count). The van der Waals surface area contributed by atoms with Crippen LogP contribution in [-0.2, 0) is 4.74 Å². The van der Waals surface area contributed by atoms with E-state index in [0.29, 0.717) is 12.2 Å². The van der Waals surface area contributed by atoms with Crippen LogP contribution in [0.3, 0.4) is 0 Å². The molecule has 0 radical (unpaired) electrons. The van der Waals surface area contributed by atoms with Gasteiger partial charge in [-0.05, 0) is 24.1 Å². The fourth-order valence-electron chi connectivity index (χ4n) is 3.54. The van der Waals surface area contributed by atoms with Gasteiger partial charge in [0.2, 0.25) is 0 Å². The number of rotatable bonds is 2. The van der Waals surface area contributed by atoms with Gasteiger partial charge in [0.15, 0.2) is 0 Å². The average Bonchev–Trinajstić information content (AvgIpc) is 2.67. The third kappa shape index (κ3) is 2.84. The van der Waals surface area contributed by atoms with Crippen LogP contribution in [0.25, 0.3) is 10.9 Å². The first-order valence-electron chi connectivity index (χ1n) is 8.48. The van der Waals surface area contributed by atoms with Gasteiger partial charge in [-0.2, -0.15) is 5.26 Å². The number of ether oxygens (including phenoxy) is 1. The van der Waals surface area contributed by atoms with Crippen LogP contribution in [0, 0.1) is 18.3 Å². The Kier molecular flexibility index (Phi) is 4.09. The van der Waals surface area contributed by atoms with Gasteiger partial charge in [0.25, 0.3) is 0 Å². The maximum Gasteiger partial charge on any atom is 0.103 e. The smallest absolute Gasteiger partial charge is 0.103 e. The lowest BCUT2D eigenvalue weighted by molar-refractivity contribution is 0.0395. The van der Waals surface area contributed by atoms with E-state index in [9.17, 15) is 5.26 Å². The van der Waals surface area contributed by atoms with Crippen molar-refractivity contribution in [2.75, 3.05) is 24.6 Å². The minimum absolute atomic E-state index is 0.00780. The van der Waals surface area contributed by atoms with E-state index in [4.69, 9.17) is 4.74 Å². The molecule has 0 saturated carbocycles. The van der Waals surface area contributed by atoms with Gasteiger partial charge in [0, 0.05) is 24.7 Å². The number of para-hydroxylation sites is 1. The minimum Gasteiger partial charge on any atom is -0.370 e. The Bertz CT molecular complexity index is 961. The Morgan fingerprint density at radius 2 is 1.96 bits per heavy atom. The van der Waals surface area contributed by atoms with Crippen LogP contribution < -0.4 is 4.90 Å². The quantitative estimate of drug-likeness (QED) is 0.713. The lowest BCUT2D eigenvalue weighted by Gasteiger charge is -2.36. The van der Waals surface area contributed by atoms with Gasteiger partial charge >= 0.3 is 0 Å². The predicted octanol–water partition coefficient (Wildman–Crippen LogP) is 3.99. The van der Waals surface area contributed by atoms with Crippen molar-refractivity contribution in [3.8, 4) is 6.07 Å². The van der Waals surface area contributed by atoms with Gasteiger partial charge in [-0.1, -0.05) is 42.5 Å². The van der Waals surface area contributed by atoms with E-state index in [1.165, 1.54) is 11.1 Å². The molecule has 4 heteroatoms. The number of nitriles is 1. The van der Waals surface area contributed by atoms with Crippen molar-refractivity contribution in [2.45, 2.75) is 13.0 Å². The molecule has 0 N–H and O–H groups in total. The van der Waals surface area contributed by atoms with E-state index in [2.05, 4.69) is 35.0 Å². The molecule has 25 heavy (non-hydrogen) atoms. The van der Waals surface area contributed by atoms with Crippen LogP contribution in [0.5, 0.6) is 0 Å². The Morgan fingerprint density at radius 1 is 1.16 bits per heavy atom. The van der Waals surface area contributed by atoms with Crippen molar-refractivity contribution in [3.63, 3.8) is 0 Å². The van der Waals surface area contributed by atoms with Gasteiger partial charge in [0.1, 0.15) is 12.2 Å². The number of anilines is 1. The number of aryl methyl sites for hydroxylation is 1. The molecular weight excluding hydrogens is 310 g/mol. The summed E-state index contributed by atoms with van der Waals surface area (Å²) >= 11 is 0. The largest absolute Gasteiger partial charge is 0.370 e. The Labute approximate surface area is 147 Å². The zero-order chi connectivity index (χ0) is 17.2. The van der Waals surface area contributed by atoms with Gasteiger partial charge < -0.3 is 9.64 Å². The normalized spacial score (nSPS) is 17.4. The summed E-state index contributed by atoms with van der Waals surface area (Å²) in [6.07, 6.45) is 1.68. The second-order valence-electron chi connectivity index (χ2n) is 6.31. The number of benzene rings is 2. The summed E-state index contributed by atoms with van der Waals surface area (Å²) < 4.78 is 6.04. The Balaban J connectivity index is 1.76. The minimum atomic E-state index is 0.00780. The Morgan fingerprint density at radius 3 is 2.80 bits per heavy atom. The molecule has 4 nitrogen and oxygen atoms in total. The molecule has 3 aromatic rings. The zero-order valence-corrected chi connectivity index (χ0v) is 14.1. The molecule has 1 aliphatic rings. The summed E-state index contributed by atoms with van der Waals surface area (Å²) in [6, 6.07) is 18.6. The molecule has 1 aliphatic heterocycles. The highest BCUT2D eigenvalue weighted by atomic mass is 16.5. The van der Waals surface area contributed by atoms with Crippen molar-refractivity contribution in [2.24, 2.45) is 0 Å². The van der Waals surface area contributed by atoms with Crippen LogP contribution in [0.1, 0.15) is 22.8 Å². The maximum absolute atomic E-state index is 9.59. The molecule has 0 aliphatic carbocycles. The summed E-state index contributed by atoms with van der Waals surface area (Å²) in [5.41, 5.74) is 4.94. The Hall–Kier alpha value is -2.90.